The van der Waals surface area contributed by atoms with Crippen molar-refractivity contribution in [3.63, 3.8) is 0 Å². The summed E-state index contributed by atoms with van der Waals surface area (Å²) < 4.78 is 40.2. The van der Waals surface area contributed by atoms with Crippen molar-refractivity contribution < 1.29 is 27.9 Å². The van der Waals surface area contributed by atoms with Gasteiger partial charge in [0.05, 0.1) is 25.9 Å². The first kappa shape index (κ1) is 27.5. The highest BCUT2D eigenvalue weighted by molar-refractivity contribution is 7.16. The molecular weight excluding hydrogens is 535 g/mol. The highest BCUT2D eigenvalue weighted by atomic mass is 32.1. The molecule has 0 fully saturated rings. The Morgan fingerprint density at radius 3 is 2.34 bits per heavy atom. The van der Waals surface area contributed by atoms with Gasteiger partial charge in [-0.15, -0.1) is 22.7 Å². The van der Waals surface area contributed by atoms with Gasteiger partial charge < -0.3 is 5.11 Å². The molecule has 11 heteroatoms. The lowest BCUT2D eigenvalue weighted by molar-refractivity contribution is -0.137. The lowest BCUT2D eigenvalue weighted by Gasteiger charge is -2.07. The number of ketones is 2. The molecule has 0 aliphatic rings. The molecule has 4 rings (SSSR count). The summed E-state index contributed by atoms with van der Waals surface area (Å²) in [5.74, 6) is -0.418. The fourth-order valence-corrected chi connectivity index (χ4v) is 5.65. The first-order chi connectivity index (χ1) is 17.9. The van der Waals surface area contributed by atoms with E-state index in [-0.39, 0.29) is 23.9 Å². The third-order valence-electron chi connectivity index (χ3n) is 6.02. The molecule has 38 heavy (non-hydrogen) atoms. The quantitative estimate of drug-likeness (QED) is 0.182. The summed E-state index contributed by atoms with van der Waals surface area (Å²) in [6.45, 7) is 3.42. The number of aliphatic imine (C=N–C) groups is 1. The molecule has 4 aromatic rings. The molecule has 0 saturated heterocycles. The van der Waals surface area contributed by atoms with Crippen LogP contribution in [0.2, 0.25) is 0 Å². The summed E-state index contributed by atoms with van der Waals surface area (Å²) in [6.07, 6.45) is -3.63. The number of aromatic hydroxyl groups is 1. The molecule has 0 saturated carbocycles. The summed E-state index contributed by atoms with van der Waals surface area (Å²) in [5, 5.41) is 16.7. The predicted octanol–water partition coefficient (Wildman–Crippen LogP) is 6.75. The Balaban J connectivity index is 1.38. The van der Waals surface area contributed by atoms with Crippen molar-refractivity contribution in [1.29, 1.82) is 0 Å². The predicted molar refractivity (Wildman–Crippen MR) is 143 cm³/mol. The van der Waals surface area contributed by atoms with Crippen LogP contribution in [0.25, 0.3) is 10.4 Å². The Morgan fingerprint density at radius 1 is 1.08 bits per heavy atom. The number of rotatable bonds is 9. The van der Waals surface area contributed by atoms with E-state index in [2.05, 4.69) is 10.1 Å². The molecule has 0 aliphatic heterocycles. The van der Waals surface area contributed by atoms with Crippen LogP contribution < -0.4 is 0 Å². The average molecular weight is 560 g/mol. The summed E-state index contributed by atoms with van der Waals surface area (Å²) in [7, 11) is 1.85. The summed E-state index contributed by atoms with van der Waals surface area (Å²) in [6, 6.07) is 9.74. The number of nitrogens with zero attached hydrogens (tertiary/aromatic N) is 3. The van der Waals surface area contributed by atoms with Crippen LogP contribution in [0, 0.1) is 6.92 Å². The van der Waals surface area contributed by atoms with Gasteiger partial charge >= 0.3 is 6.18 Å². The van der Waals surface area contributed by atoms with Gasteiger partial charge in [0.2, 0.25) is 0 Å². The van der Waals surface area contributed by atoms with E-state index >= 15 is 0 Å². The largest absolute Gasteiger partial charge is 0.506 e. The Morgan fingerprint density at radius 2 is 1.74 bits per heavy atom. The van der Waals surface area contributed by atoms with Gasteiger partial charge in [-0.2, -0.15) is 18.3 Å². The van der Waals surface area contributed by atoms with Crippen molar-refractivity contribution in [2.24, 2.45) is 12.0 Å². The molecule has 0 unspecified atom stereocenters. The normalized spacial score (nSPS) is 12.2. The lowest BCUT2D eigenvalue weighted by atomic mass is 10.1. The zero-order chi connectivity index (χ0) is 27.6. The molecule has 6 nitrogen and oxygen atoms in total. The molecule has 0 radical (unpaired) electrons. The first-order valence-electron chi connectivity index (χ1n) is 11.6. The number of aryl methyl sites for hydroxylation is 3. The first-order valence-corrected chi connectivity index (χ1v) is 13.3. The maximum absolute atomic E-state index is 12.8. The molecule has 0 spiro atoms. The zero-order valence-electron chi connectivity index (χ0n) is 20.8. The van der Waals surface area contributed by atoms with Crippen LogP contribution in [-0.4, -0.2) is 38.7 Å². The van der Waals surface area contributed by atoms with Gasteiger partial charge in [0.25, 0.3) is 0 Å². The molecule has 1 aromatic carbocycles. The van der Waals surface area contributed by atoms with Crippen molar-refractivity contribution in [2.45, 2.75) is 32.9 Å². The van der Waals surface area contributed by atoms with Gasteiger partial charge in [-0.1, -0.05) is 12.1 Å². The maximum Gasteiger partial charge on any atom is 0.416 e. The summed E-state index contributed by atoms with van der Waals surface area (Å²) in [5.41, 5.74) is 2.36. The molecule has 1 N–H and O–H groups in total. The number of Topliss-reactive ketones (excluding diaryl/α,β-unsaturated/α-hetero) is 2. The standard InChI is InChI=1S/C27H24F3N3O3S2/c1-15-12-19(32-33(15)3)8-9-21(34)23-10-11-24(38-23)22(35)13-31-16(2)20-14-37-26(25(20)36)17-4-6-18(7-5-17)27(28,29)30/h4-7,10-12,14,36H,8-9,13H2,1-3H3. The van der Waals surface area contributed by atoms with E-state index in [0.717, 1.165) is 34.9 Å². The second-order valence-corrected chi connectivity index (χ2v) is 10.7. The van der Waals surface area contributed by atoms with Gasteiger partial charge in [0.1, 0.15) is 12.3 Å². The number of hydrogen-bond donors (Lipinski definition) is 1. The van der Waals surface area contributed by atoms with Crippen LogP contribution in [0.3, 0.4) is 0 Å². The third-order valence-corrected chi connectivity index (χ3v) is 8.20. The number of aromatic nitrogens is 2. The van der Waals surface area contributed by atoms with Crippen LogP contribution in [0.5, 0.6) is 5.75 Å². The number of halogens is 3. The lowest BCUT2D eigenvalue weighted by Crippen LogP contribution is -2.04. The van der Waals surface area contributed by atoms with Crippen molar-refractivity contribution in [2.75, 3.05) is 6.54 Å². The molecule has 3 heterocycles. The van der Waals surface area contributed by atoms with Crippen molar-refractivity contribution >= 4 is 40.0 Å². The van der Waals surface area contributed by atoms with Gasteiger partial charge in [0.15, 0.2) is 11.6 Å². The smallest absolute Gasteiger partial charge is 0.416 e. The minimum Gasteiger partial charge on any atom is -0.506 e. The topological polar surface area (TPSA) is 84.5 Å². The van der Waals surface area contributed by atoms with Gasteiger partial charge in [-0.3, -0.25) is 19.3 Å². The van der Waals surface area contributed by atoms with Crippen molar-refractivity contribution in [1.82, 2.24) is 9.78 Å². The van der Waals surface area contributed by atoms with Crippen molar-refractivity contribution in [3.8, 4) is 16.2 Å². The fraction of sp³-hybridized carbons (Fsp3) is 0.259. The Labute approximate surface area is 225 Å². The fourth-order valence-electron chi connectivity index (χ4n) is 3.74. The monoisotopic (exact) mass is 559 g/mol. The summed E-state index contributed by atoms with van der Waals surface area (Å²) >= 11 is 2.30. The van der Waals surface area contributed by atoms with E-state index in [9.17, 15) is 27.9 Å². The minimum atomic E-state index is -4.44. The van der Waals surface area contributed by atoms with Crippen LogP contribution in [-0.2, 0) is 19.6 Å². The zero-order valence-corrected chi connectivity index (χ0v) is 22.4. The van der Waals surface area contributed by atoms with Crippen LogP contribution in [0.4, 0.5) is 13.2 Å². The number of alkyl halides is 3. The second-order valence-electron chi connectivity index (χ2n) is 8.71. The van der Waals surface area contributed by atoms with E-state index in [4.69, 9.17) is 0 Å². The van der Waals surface area contributed by atoms with E-state index in [1.807, 2.05) is 20.0 Å². The van der Waals surface area contributed by atoms with Gasteiger partial charge in [-0.05, 0) is 56.2 Å². The Kier molecular flexibility index (Phi) is 7.98. The molecule has 0 atom stereocenters. The number of thiophene rings is 2. The molecule has 0 bridgehead atoms. The number of carbonyl (C=O) groups excluding carboxylic acids is 2. The SMILES string of the molecule is CC(=NCC(=O)c1ccc(C(=O)CCc2cc(C)n(C)n2)s1)c1csc(-c2ccc(C(F)(F)F)cc2)c1O. The average Bonchev–Trinajstić information content (AvgIpc) is 3.59. The number of carbonyl (C=O) groups is 2. The Hall–Kier alpha value is -3.57. The van der Waals surface area contributed by atoms with Crippen LogP contribution in [0.1, 0.15) is 55.2 Å². The second kappa shape index (κ2) is 11.0. The molecule has 3 aromatic heterocycles. The number of hydrogen-bond acceptors (Lipinski definition) is 7. The van der Waals surface area contributed by atoms with Crippen LogP contribution >= 0.6 is 22.7 Å². The summed E-state index contributed by atoms with van der Waals surface area (Å²) in [4.78, 5) is 30.9. The minimum absolute atomic E-state index is 0.0592. The van der Waals surface area contributed by atoms with Crippen molar-refractivity contribution in [3.05, 3.63) is 80.1 Å². The maximum atomic E-state index is 12.8. The van der Waals surface area contributed by atoms with Gasteiger partial charge in [-0.25, -0.2) is 0 Å². The van der Waals surface area contributed by atoms with E-state index in [1.54, 1.807) is 29.1 Å². The number of benzene rings is 1. The van der Waals surface area contributed by atoms with E-state index in [1.165, 1.54) is 23.5 Å². The third kappa shape index (κ3) is 6.11. The molecular formula is C27H24F3N3O3S2. The van der Waals surface area contributed by atoms with Gasteiger partial charge in [0, 0.05) is 35.8 Å². The highest BCUT2D eigenvalue weighted by Crippen LogP contribution is 2.40. The van der Waals surface area contributed by atoms with E-state index in [0.29, 0.717) is 44.3 Å². The molecule has 0 aliphatic carbocycles. The molecule has 0 amide bonds. The van der Waals surface area contributed by atoms with Crippen LogP contribution in [0.15, 0.2) is 52.8 Å². The molecule has 198 valence electrons. The highest BCUT2D eigenvalue weighted by Gasteiger charge is 2.30. The Bertz CT molecular complexity index is 1490. The van der Waals surface area contributed by atoms with E-state index < -0.39 is 11.7 Å².